The molecule has 2 aromatic carbocycles. The Labute approximate surface area is 114 Å². The van der Waals surface area contributed by atoms with Crippen LogP contribution in [0.25, 0.3) is 21.8 Å². The lowest BCUT2D eigenvalue weighted by atomic mass is 10.1. The zero-order valence-corrected chi connectivity index (χ0v) is 10.2. The summed E-state index contributed by atoms with van der Waals surface area (Å²) in [4.78, 5) is 2.60. The molecule has 0 radical (unpaired) electrons. The molecule has 1 N–H and O–H groups in total. The first kappa shape index (κ1) is 13.8. The van der Waals surface area contributed by atoms with Gasteiger partial charge in [0.2, 0.25) is 0 Å². The molecule has 3 aromatic rings. The fraction of sp³-hybridized carbons (Fsp3) is 0.143. The van der Waals surface area contributed by atoms with Gasteiger partial charge in [0.15, 0.2) is 0 Å². The van der Waals surface area contributed by atoms with Gasteiger partial charge in [-0.05, 0) is 24.3 Å². The van der Waals surface area contributed by atoms with Gasteiger partial charge in [-0.1, -0.05) is 12.1 Å². The maximum Gasteiger partial charge on any atom is 0.416 e. The maximum absolute atomic E-state index is 12.6. The monoisotopic (exact) mass is 303 g/mol. The summed E-state index contributed by atoms with van der Waals surface area (Å²) in [5.74, 6) is 0. The van der Waals surface area contributed by atoms with Gasteiger partial charge in [0.1, 0.15) is 0 Å². The molecule has 1 nitrogen and oxygen atoms in total. The highest BCUT2D eigenvalue weighted by molar-refractivity contribution is 6.07. The van der Waals surface area contributed by atoms with E-state index in [1.165, 1.54) is 12.1 Å². The molecule has 0 fully saturated rings. The maximum atomic E-state index is 12.6. The van der Waals surface area contributed by atoms with Crippen LogP contribution in [0.1, 0.15) is 11.1 Å². The van der Waals surface area contributed by atoms with Crippen LogP contribution in [0, 0.1) is 0 Å². The van der Waals surface area contributed by atoms with Crippen LogP contribution in [0.2, 0.25) is 0 Å². The van der Waals surface area contributed by atoms with E-state index in [9.17, 15) is 26.3 Å². The van der Waals surface area contributed by atoms with Crippen molar-refractivity contribution in [1.29, 1.82) is 0 Å². The normalized spacial score (nSPS) is 13.2. The van der Waals surface area contributed by atoms with Crippen LogP contribution in [0.15, 0.2) is 36.4 Å². The minimum absolute atomic E-state index is 0.152. The van der Waals surface area contributed by atoms with Gasteiger partial charge < -0.3 is 4.98 Å². The van der Waals surface area contributed by atoms with Crippen molar-refractivity contribution < 1.29 is 26.3 Å². The molecular formula is C14H7F6N. The van der Waals surface area contributed by atoms with Crippen LogP contribution < -0.4 is 0 Å². The van der Waals surface area contributed by atoms with Crippen LogP contribution in [0.5, 0.6) is 0 Å². The second kappa shape index (κ2) is 4.16. The van der Waals surface area contributed by atoms with E-state index in [0.29, 0.717) is 10.8 Å². The molecule has 3 rings (SSSR count). The lowest BCUT2D eigenvalue weighted by Crippen LogP contribution is -2.03. The third-order valence-electron chi connectivity index (χ3n) is 3.25. The number of halogens is 6. The van der Waals surface area contributed by atoms with E-state index in [2.05, 4.69) is 4.98 Å². The summed E-state index contributed by atoms with van der Waals surface area (Å²) in [5.41, 5.74) is -1.39. The highest BCUT2D eigenvalue weighted by atomic mass is 19.4. The summed E-state index contributed by atoms with van der Waals surface area (Å²) in [5, 5.41) is 0.901. The van der Waals surface area contributed by atoms with E-state index in [4.69, 9.17) is 0 Å². The summed E-state index contributed by atoms with van der Waals surface area (Å²) in [7, 11) is 0. The van der Waals surface area contributed by atoms with E-state index in [1.807, 2.05) is 0 Å². The van der Waals surface area contributed by atoms with Crippen molar-refractivity contribution in [3.05, 3.63) is 47.5 Å². The highest BCUT2D eigenvalue weighted by Gasteiger charge is 2.32. The van der Waals surface area contributed by atoms with Gasteiger partial charge in [-0.25, -0.2) is 0 Å². The number of H-pyrrole nitrogens is 1. The molecule has 1 heterocycles. The largest absolute Gasteiger partial charge is 0.416 e. The Kier molecular flexibility index (Phi) is 2.73. The molecule has 0 amide bonds. The molecule has 1 aromatic heterocycles. The van der Waals surface area contributed by atoms with Gasteiger partial charge in [0, 0.05) is 21.8 Å². The first-order valence-electron chi connectivity index (χ1n) is 5.86. The van der Waals surface area contributed by atoms with Crippen LogP contribution in [0.3, 0.4) is 0 Å². The molecule has 7 heteroatoms. The number of benzene rings is 2. The van der Waals surface area contributed by atoms with Gasteiger partial charge in [0.05, 0.1) is 11.1 Å². The summed E-state index contributed by atoms with van der Waals surface area (Å²) < 4.78 is 75.8. The first-order valence-corrected chi connectivity index (χ1v) is 5.86. The van der Waals surface area contributed by atoms with Gasteiger partial charge >= 0.3 is 12.4 Å². The Balaban J connectivity index is 2.24. The quantitative estimate of drug-likeness (QED) is 0.538. The minimum Gasteiger partial charge on any atom is -0.354 e. The number of rotatable bonds is 0. The van der Waals surface area contributed by atoms with Crippen molar-refractivity contribution in [2.75, 3.05) is 0 Å². The van der Waals surface area contributed by atoms with Gasteiger partial charge in [0.25, 0.3) is 0 Å². The number of hydrogen-bond acceptors (Lipinski definition) is 0. The molecule has 0 spiro atoms. The lowest BCUT2D eigenvalue weighted by molar-refractivity contribution is -0.138. The predicted molar refractivity (Wildman–Crippen MR) is 65.8 cm³/mol. The fourth-order valence-electron chi connectivity index (χ4n) is 2.26. The average Bonchev–Trinajstić information content (AvgIpc) is 2.73. The van der Waals surface area contributed by atoms with E-state index in [0.717, 1.165) is 24.3 Å². The molecule has 0 aliphatic carbocycles. The number of fused-ring (bicyclic) bond motifs is 3. The second-order valence-electron chi connectivity index (χ2n) is 4.64. The molecule has 21 heavy (non-hydrogen) atoms. The molecule has 0 atom stereocenters. The van der Waals surface area contributed by atoms with Crippen molar-refractivity contribution >= 4 is 21.8 Å². The summed E-state index contributed by atoms with van der Waals surface area (Å²) in [6.45, 7) is 0. The van der Waals surface area contributed by atoms with Crippen molar-refractivity contribution in [3.63, 3.8) is 0 Å². The van der Waals surface area contributed by atoms with Crippen molar-refractivity contribution in [1.82, 2.24) is 4.98 Å². The Morgan fingerprint density at radius 2 is 1.00 bits per heavy atom. The molecule has 0 saturated carbocycles. The van der Waals surface area contributed by atoms with Crippen LogP contribution in [-0.4, -0.2) is 4.98 Å². The Hall–Kier alpha value is -2.18. The Morgan fingerprint density at radius 3 is 1.33 bits per heavy atom. The van der Waals surface area contributed by atoms with Gasteiger partial charge in [-0.3, -0.25) is 0 Å². The van der Waals surface area contributed by atoms with E-state index in [1.54, 1.807) is 0 Å². The Morgan fingerprint density at radius 1 is 0.619 bits per heavy atom. The molecular weight excluding hydrogens is 296 g/mol. The number of alkyl halides is 6. The molecule has 0 saturated heterocycles. The SMILES string of the molecule is FC(F)(F)c1ccc2c(c1)[nH]c1cc(C(F)(F)F)ccc12. The lowest BCUT2D eigenvalue weighted by Gasteiger charge is -2.06. The first-order chi connectivity index (χ1) is 9.66. The number of hydrogen-bond donors (Lipinski definition) is 1. The van der Waals surface area contributed by atoms with Crippen LogP contribution in [0.4, 0.5) is 26.3 Å². The number of nitrogens with one attached hydrogen (secondary N) is 1. The van der Waals surface area contributed by atoms with Crippen molar-refractivity contribution in [3.8, 4) is 0 Å². The van der Waals surface area contributed by atoms with E-state index >= 15 is 0 Å². The van der Waals surface area contributed by atoms with E-state index < -0.39 is 23.5 Å². The van der Waals surface area contributed by atoms with Crippen molar-refractivity contribution in [2.45, 2.75) is 12.4 Å². The third kappa shape index (κ3) is 2.32. The van der Waals surface area contributed by atoms with Gasteiger partial charge in [-0.2, -0.15) is 26.3 Å². The zero-order chi connectivity index (χ0) is 15.4. The summed E-state index contributed by atoms with van der Waals surface area (Å²) in [6.07, 6.45) is -8.99. The minimum atomic E-state index is -4.50. The van der Waals surface area contributed by atoms with Gasteiger partial charge in [-0.15, -0.1) is 0 Å². The molecule has 0 aliphatic heterocycles. The smallest absolute Gasteiger partial charge is 0.354 e. The Bertz CT molecular complexity index is 757. The standard InChI is InChI=1S/C14H7F6N/c15-13(16,17)7-1-3-9-10-4-2-8(14(18,19)20)6-12(10)21-11(9)5-7/h1-6,21H. The summed E-state index contributed by atoms with van der Waals surface area (Å²) >= 11 is 0. The van der Waals surface area contributed by atoms with Crippen LogP contribution >= 0.6 is 0 Å². The molecule has 0 bridgehead atoms. The number of aromatic amines is 1. The predicted octanol–water partition coefficient (Wildman–Crippen LogP) is 5.36. The van der Waals surface area contributed by atoms with Crippen LogP contribution in [-0.2, 0) is 12.4 Å². The fourth-order valence-corrected chi connectivity index (χ4v) is 2.26. The summed E-state index contributed by atoms with van der Waals surface area (Å²) in [6, 6.07) is 6.11. The topological polar surface area (TPSA) is 15.8 Å². The molecule has 0 unspecified atom stereocenters. The van der Waals surface area contributed by atoms with E-state index in [-0.39, 0.29) is 11.0 Å². The number of aromatic nitrogens is 1. The molecule has 110 valence electrons. The third-order valence-corrected chi connectivity index (χ3v) is 3.25. The highest BCUT2D eigenvalue weighted by Crippen LogP contribution is 2.36. The molecule has 0 aliphatic rings. The van der Waals surface area contributed by atoms with Crippen molar-refractivity contribution in [2.24, 2.45) is 0 Å². The second-order valence-corrected chi connectivity index (χ2v) is 4.64. The zero-order valence-electron chi connectivity index (χ0n) is 10.2. The average molecular weight is 303 g/mol.